The van der Waals surface area contributed by atoms with Gasteiger partial charge in [-0.3, -0.25) is 9.69 Å². The largest absolute Gasteiger partial charge is 0.370 e. The van der Waals surface area contributed by atoms with E-state index in [2.05, 4.69) is 53.5 Å². The zero-order valence-electron chi connectivity index (χ0n) is 17.6. The standard InChI is InChI=1S/C24H34N2O3/c1-19(16-20-6-3-2-4-7-20)18-26-13-11-24(12-14-26)10-9-21(29-24)17-25-23(27)22-8-5-15-28-22/h2-4,6-7,16,21-22H,5,8-15,17-18H2,1H3,(H,25,27)/b19-16+. The number of amides is 1. The van der Waals surface area contributed by atoms with Crippen molar-refractivity contribution < 1.29 is 14.3 Å². The summed E-state index contributed by atoms with van der Waals surface area (Å²) in [7, 11) is 0. The molecule has 5 heteroatoms. The monoisotopic (exact) mass is 398 g/mol. The van der Waals surface area contributed by atoms with Gasteiger partial charge in [0.25, 0.3) is 0 Å². The van der Waals surface area contributed by atoms with Crippen molar-refractivity contribution in [2.24, 2.45) is 0 Å². The van der Waals surface area contributed by atoms with Gasteiger partial charge in [0.1, 0.15) is 6.10 Å². The van der Waals surface area contributed by atoms with Gasteiger partial charge in [0.05, 0.1) is 11.7 Å². The molecule has 158 valence electrons. The van der Waals surface area contributed by atoms with Crippen molar-refractivity contribution in [1.29, 1.82) is 0 Å². The number of nitrogens with zero attached hydrogens (tertiary/aromatic N) is 1. The van der Waals surface area contributed by atoms with Crippen molar-refractivity contribution in [3.63, 3.8) is 0 Å². The lowest BCUT2D eigenvalue weighted by Gasteiger charge is -2.39. The predicted octanol–water partition coefficient (Wildman–Crippen LogP) is 3.40. The number of piperidine rings is 1. The fourth-order valence-corrected chi connectivity index (χ4v) is 4.87. The summed E-state index contributed by atoms with van der Waals surface area (Å²) in [5, 5.41) is 3.04. The fraction of sp³-hybridized carbons (Fsp3) is 0.625. The maximum absolute atomic E-state index is 12.1. The highest BCUT2D eigenvalue weighted by Crippen LogP contribution is 2.38. The number of rotatable bonds is 6. The minimum atomic E-state index is -0.249. The van der Waals surface area contributed by atoms with Crippen LogP contribution in [0, 0.1) is 0 Å². The van der Waals surface area contributed by atoms with Gasteiger partial charge in [0.15, 0.2) is 0 Å². The molecule has 0 bridgehead atoms. The highest BCUT2D eigenvalue weighted by molar-refractivity contribution is 5.80. The third-order valence-corrected chi connectivity index (χ3v) is 6.52. The van der Waals surface area contributed by atoms with E-state index in [1.807, 2.05) is 0 Å². The van der Waals surface area contributed by atoms with Crippen LogP contribution in [0.1, 0.15) is 51.0 Å². The minimum Gasteiger partial charge on any atom is -0.370 e. The molecule has 3 saturated heterocycles. The van der Waals surface area contributed by atoms with Crippen LogP contribution in [0.25, 0.3) is 6.08 Å². The highest BCUT2D eigenvalue weighted by Gasteiger charge is 2.42. The molecule has 1 amide bonds. The van der Waals surface area contributed by atoms with Crippen LogP contribution < -0.4 is 5.32 Å². The molecule has 3 heterocycles. The molecule has 0 saturated carbocycles. The Labute approximate surface area is 174 Å². The molecule has 0 aliphatic carbocycles. The van der Waals surface area contributed by atoms with Crippen LogP contribution in [0.5, 0.6) is 0 Å². The number of hydrogen-bond donors (Lipinski definition) is 1. The Morgan fingerprint density at radius 3 is 2.72 bits per heavy atom. The molecule has 0 aromatic heterocycles. The average molecular weight is 399 g/mol. The van der Waals surface area contributed by atoms with E-state index in [0.29, 0.717) is 13.2 Å². The third kappa shape index (κ3) is 5.47. The molecule has 1 spiro atoms. The number of likely N-dealkylation sites (tertiary alicyclic amines) is 1. The first kappa shape index (κ1) is 20.6. The quantitative estimate of drug-likeness (QED) is 0.798. The molecule has 5 nitrogen and oxygen atoms in total. The molecule has 4 rings (SSSR count). The topological polar surface area (TPSA) is 50.8 Å². The Morgan fingerprint density at radius 1 is 1.21 bits per heavy atom. The highest BCUT2D eigenvalue weighted by atomic mass is 16.5. The van der Waals surface area contributed by atoms with E-state index < -0.39 is 0 Å². The minimum absolute atomic E-state index is 0.0206. The van der Waals surface area contributed by atoms with Crippen molar-refractivity contribution in [3.05, 3.63) is 41.5 Å². The predicted molar refractivity (Wildman–Crippen MR) is 115 cm³/mol. The lowest BCUT2D eigenvalue weighted by Crippen LogP contribution is -2.46. The second-order valence-electron chi connectivity index (χ2n) is 8.89. The molecule has 1 aromatic rings. The summed E-state index contributed by atoms with van der Waals surface area (Å²) in [4.78, 5) is 14.7. The molecule has 1 aromatic carbocycles. The van der Waals surface area contributed by atoms with Crippen LogP contribution in [0.15, 0.2) is 35.9 Å². The van der Waals surface area contributed by atoms with Crippen molar-refractivity contribution in [2.45, 2.75) is 63.3 Å². The summed E-state index contributed by atoms with van der Waals surface area (Å²) in [6.07, 6.45) is 8.32. The summed E-state index contributed by atoms with van der Waals surface area (Å²) >= 11 is 0. The van der Waals surface area contributed by atoms with E-state index in [4.69, 9.17) is 9.47 Å². The smallest absolute Gasteiger partial charge is 0.249 e. The van der Waals surface area contributed by atoms with E-state index in [-0.39, 0.29) is 23.7 Å². The van der Waals surface area contributed by atoms with Crippen molar-refractivity contribution >= 4 is 12.0 Å². The van der Waals surface area contributed by atoms with Gasteiger partial charge in [0, 0.05) is 32.8 Å². The third-order valence-electron chi connectivity index (χ3n) is 6.52. The average Bonchev–Trinajstić information content (AvgIpc) is 3.40. The second kappa shape index (κ2) is 9.41. The number of benzene rings is 1. The maximum atomic E-state index is 12.1. The Bertz CT molecular complexity index is 704. The Balaban J connectivity index is 1.20. The van der Waals surface area contributed by atoms with Crippen LogP contribution >= 0.6 is 0 Å². The van der Waals surface area contributed by atoms with Gasteiger partial charge in [-0.2, -0.15) is 0 Å². The number of carbonyl (C=O) groups is 1. The van der Waals surface area contributed by atoms with Gasteiger partial charge < -0.3 is 14.8 Å². The molecule has 29 heavy (non-hydrogen) atoms. The van der Waals surface area contributed by atoms with Crippen molar-refractivity contribution in [3.8, 4) is 0 Å². The lowest BCUT2D eigenvalue weighted by molar-refractivity contribution is -0.131. The molecule has 3 aliphatic rings. The molecular formula is C24H34N2O3. The van der Waals surface area contributed by atoms with Crippen molar-refractivity contribution in [2.75, 3.05) is 32.8 Å². The first-order valence-electron chi connectivity index (χ1n) is 11.1. The van der Waals surface area contributed by atoms with Gasteiger partial charge in [-0.15, -0.1) is 0 Å². The van der Waals surface area contributed by atoms with Crippen LogP contribution in [0.4, 0.5) is 0 Å². The zero-order chi connectivity index (χ0) is 20.1. The van der Waals surface area contributed by atoms with Gasteiger partial charge in [0.2, 0.25) is 5.91 Å². The number of ether oxygens (including phenoxy) is 2. The van der Waals surface area contributed by atoms with Crippen LogP contribution in [-0.4, -0.2) is 61.4 Å². The van der Waals surface area contributed by atoms with Crippen LogP contribution in [0.3, 0.4) is 0 Å². The lowest BCUT2D eigenvalue weighted by atomic mass is 9.88. The first-order chi connectivity index (χ1) is 14.1. The van der Waals surface area contributed by atoms with Crippen LogP contribution in [0.2, 0.25) is 0 Å². The van der Waals surface area contributed by atoms with E-state index in [0.717, 1.165) is 58.2 Å². The molecule has 2 unspecified atom stereocenters. The van der Waals surface area contributed by atoms with Crippen LogP contribution in [-0.2, 0) is 14.3 Å². The Morgan fingerprint density at radius 2 is 2.00 bits per heavy atom. The number of nitrogens with one attached hydrogen (secondary N) is 1. The Hall–Kier alpha value is -1.69. The molecule has 3 aliphatic heterocycles. The van der Waals surface area contributed by atoms with Gasteiger partial charge >= 0.3 is 0 Å². The van der Waals surface area contributed by atoms with E-state index in [1.54, 1.807) is 0 Å². The van der Waals surface area contributed by atoms with Gasteiger partial charge in [-0.25, -0.2) is 0 Å². The zero-order valence-corrected chi connectivity index (χ0v) is 17.6. The summed E-state index contributed by atoms with van der Waals surface area (Å²) in [6.45, 7) is 6.71. The van der Waals surface area contributed by atoms with E-state index in [9.17, 15) is 4.79 Å². The maximum Gasteiger partial charge on any atom is 0.249 e. The van der Waals surface area contributed by atoms with Crippen molar-refractivity contribution in [1.82, 2.24) is 10.2 Å². The normalized spacial score (nSPS) is 27.4. The first-order valence-corrected chi connectivity index (χ1v) is 11.1. The summed E-state index contributed by atoms with van der Waals surface area (Å²) in [5.74, 6) is 0.0301. The number of carbonyl (C=O) groups excluding carboxylic acids is 1. The summed E-state index contributed by atoms with van der Waals surface area (Å²) < 4.78 is 11.9. The summed E-state index contributed by atoms with van der Waals surface area (Å²) in [5.41, 5.74) is 2.69. The number of hydrogen-bond acceptors (Lipinski definition) is 4. The van der Waals surface area contributed by atoms with Gasteiger partial charge in [-0.1, -0.05) is 42.0 Å². The fourth-order valence-electron chi connectivity index (χ4n) is 4.87. The SMILES string of the molecule is C/C(=C\c1ccccc1)CN1CCC2(CCC(CNC(=O)C3CCCO3)O2)CC1. The second-order valence-corrected chi connectivity index (χ2v) is 8.89. The Kier molecular flexibility index (Phi) is 6.68. The molecule has 1 N–H and O–H groups in total. The summed E-state index contributed by atoms with van der Waals surface area (Å²) in [6, 6.07) is 10.5. The molecule has 0 radical (unpaired) electrons. The van der Waals surface area contributed by atoms with E-state index in [1.165, 1.54) is 11.1 Å². The molecule has 2 atom stereocenters. The molecular weight excluding hydrogens is 364 g/mol. The van der Waals surface area contributed by atoms with E-state index >= 15 is 0 Å². The molecule has 3 fully saturated rings. The van der Waals surface area contributed by atoms with Gasteiger partial charge in [-0.05, 0) is 51.0 Å².